The SMILES string of the molecule is CCCCCCCCC/C=C\CCCCCCCCCC(=O)OCCCCCCCCCCCCCCCCCCCCCCCCC(=O)NC(CO)C(O)CCCCCCCCCCCCCCC. The fourth-order valence-corrected chi connectivity index (χ4v) is 10.2. The first kappa shape index (κ1) is 68.6. The first-order valence-corrected chi connectivity index (χ1v) is 31.9. The van der Waals surface area contributed by atoms with Gasteiger partial charge in [-0.2, -0.15) is 0 Å². The minimum atomic E-state index is -0.663. The average Bonchev–Trinajstić information content (AvgIpc) is 3.36. The molecular formula is C64H125NO5. The Labute approximate surface area is 438 Å². The van der Waals surface area contributed by atoms with E-state index in [0.29, 0.717) is 25.9 Å². The lowest BCUT2D eigenvalue weighted by Gasteiger charge is -2.22. The van der Waals surface area contributed by atoms with Crippen molar-refractivity contribution in [2.75, 3.05) is 13.2 Å². The summed E-state index contributed by atoms with van der Waals surface area (Å²) in [6, 6.07) is -0.540. The molecule has 0 radical (unpaired) electrons. The number of hydrogen-bond acceptors (Lipinski definition) is 5. The van der Waals surface area contributed by atoms with E-state index in [-0.39, 0.29) is 18.5 Å². The maximum absolute atomic E-state index is 12.5. The standard InChI is InChI=1S/C64H125NO5/c1-3-5-7-9-11-13-15-17-18-19-27-30-34-38-42-46-50-54-58-64(69)70-59-55-51-47-43-39-35-31-28-25-23-21-20-22-24-26-29-33-37-41-45-49-53-57-63(68)65-61(60-66)62(67)56-52-48-44-40-36-32-16-14-12-10-8-6-4-2/h18-19,61-62,66-67H,3-17,20-60H2,1-2H3,(H,65,68)/b19-18-. The average molecular weight is 989 g/mol. The van der Waals surface area contributed by atoms with Gasteiger partial charge in [0.05, 0.1) is 25.4 Å². The molecule has 0 spiro atoms. The quantitative estimate of drug-likeness (QED) is 0.0321. The van der Waals surface area contributed by atoms with Gasteiger partial charge in [0.15, 0.2) is 0 Å². The van der Waals surface area contributed by atoms with Crippen LogP contribution in [0.5, 0.6) is 0 Å². The van der Waals surface area contributed by atoms with Crippen LogP contribution < -0.4 is 5.32 Å². The van der Waals surface area contributed by atoms with E-state index in [1.165, 1.54) is 283 Å². The molecule has 2 unspecified atom stereocenters. The number of nitrogens with one attached hydrogen (secondary N) is 1. The van der Waals surface area contributed by atoms with Gasteiger partial charge >= 0.3 is 5.97 Å². The second-order valence-corrected chi connectivity index (χ2v) is 22.1. The van der Waals surface area contributed by atoms with Crippen LogP contribution in [-0.4, -0.2) is 47.4 Å². The minimum Gasteiger partial charge on any atom is -0.466 e. The molecule has 70 heavy (non-hydrogen) atoms. The van der Waals surface area contributed by atoms with Crippen LogP contribution in [0.4, 0.5) is 0 Å². The Morgan fingerprint density at radius 3 is 1.01 bits per heavy atom. The number of carbonyl (C=O) groups is 2. The Morgan fingerprint density at radius 1 is 0.386 bits per heavy atom. The molecular weight excluding hydrogens is 863 g/mol. The van der Waals surface area contributed by atoms with Gasteiger partial charge in [0.1, 0.15) is 0 Å². The second-order valence-electron chi connectivity index (χ2n) is 22.1. The van der Waals surface area contributed by atoms with E-state index in [9.17, 15) is 19.8 Å². The number of rotatable bonds is 60. The van der Waals surface area contributed by atoms with Crippen molar-refractivity contribution in [1.29, 1.82) is 0 Å². The molecule has 6 heteroatoms. The molecule has 1 amide bonds. The number of aliphatic hydroxyl groups is 2. The summed E-state index contributed by atoms with van der Waals surface area (Å²) in [5, 5.41) is 23.3. The molecule has 0 heterocycles. The van der Waals surface area contributed by atoms with E-state index < -0.39 is 12.1 Å². The smallest absolute Gasteiger partial charge is 0.305 e. The molecule has 0 aromatic heterocycles. The van der Waals surface area contributed by atoms with Crippen LogP contribution in [0.15, 0.2) is 12.2 Å². The van der Waals surface area contributed by atoms with Crippen LogP contribution in [0.25, 0.3) is 0 Å². The van der Waals surface area contributed by atoms with Crippen molar-refractivity contribution in [3.8, 4) is 0 Å². The summed E-state index contributed by atoms with van der Waals surface area (Å²) in [7, 11) is 0. The Kier molecular flexibility index (Phi) is 59.0. The number of allylic oxidation sites excluding steroid dienone is 2. The van der Waals surface area contributed by atoms with Gasteiger partial charge in [0, 0.05) is 12.8 Å². The first-order chi connectivity index (χ1) is 34.5. The predicted molar refractivity (Wildman–Crippen MR) is 306 cm³/mol. The molecule has 0 fully saturated rings. The second kappa shape index (κ2) is 60.2. The summed E-state index contributed by atoms with van der Waals surface area (Å²) < 4.78 is 5.50. The summed E-state index contributed by atoms with van der Waals surface area (Å²) in [5.74, 6) is -0.0222. The molecule has 416 valence electrons. The van der Waals surface area contributed by atoms with Crippen molar-refractivity contribution in [2.45, 2.75) is 373 Å². The maximum atomic E-state index is 12.5. The zero-order valence-corrected chi connectivity index (χ0v) is 47.5. The third kappa shape index (κ3) is 55.9. The predicted octanol–water partition coefficient (Wildman–Crippen LogP) is 20.0. The number of unbranched alkanes of at least 4 members (excludes halogenated alkanes) is 47. The molecule has 0 rings (SSSR count). The van der Waals surface area contributed by atoms with Gasteiger partial charge < -0.3 is 20.3 Å². The normalized spacial score (nSPS) is 12.6. The lowest BCUT2D eigenvalue weighted by atomic mass is 10.0. The zero-order valence-electron chi connectivity index (χ0n) is 47.5. The van der Waals surface area contributed by atoms with Gasteiger partial charge in [0.2, 0.25) is 5.91 Å². The Balaban J connectivity index is 3.35. The van der Waals surface area contributed by atoms with Crippen molar-refractivity contribution >= 4 is 11.9 Å². The van der Waals surface area contributed by atoms with E-state index in [1.54, 1.807) is 0 Å². The summed E-state index contributed by atoms with van der Waals surface area (Å²) in [4.78, 5) is 24.6. The van der Waals surface area contributed by atoms with Crippen molar-refractivity contribution in [2.24, 2.45) is 0 Å². The number of hydrogen-bond donors (Lipinski definition) is 3. The minimum absolute atomic E-state index is 0.0112. The lowest BCUT2D eigenvalue weighted by molar-refractivity contribution is -0.143. The highest BCUT2D eigenvalue weighted by molar-refractivity contribution is 5.76. The molecule has 0 saturated carbocycles. The molecule has 0 bridgehead atoms. The van der Waals surface area contributed by atoms with E-state index in [1.807, 2.05) is 0 Å². The summed E-state index contributed by atoms with van der Waals surface area (Å²) in [6.07, 6.45) is 72.3. The van der Waals surface area contributed by atoms with Crippen LogP contribution >= 0.6 is 0 Å². The Morgan fingerprint density at radius 2 is 0.671 bits per heavy atom. The molecule has 0 saturated heterocycles. The molecule has 0 aromatic carbocycles. The van der Waals surface area contributed by atoms with Crippen LogP contribution in [0.2, 0.25) is 0 Å². The van der Waals surface area contributed by atoms with Crippen molar-refractivity contribution in [3.63, 3.8) is 0 Å². The highest BCUT2D eigenvalue weighted by Crippen LogP contribution is 2.18. The number of carbonyl (C=O) groups excluding carboxylic acids is 2. The summed E-state index contributed by atoms with van der Waals surface area (Å²) in [6.45, 7) is 4.97. The third-order valence-electron chi connectivity index (χ3n) is 15.1. The van der Waals surface area contributed by atoms with Gasteiger partial charge in [0.25, 0.3) is 0 Å². The van der Waals surface area contributed by atoms with Crippen LogP contribution in [0.3, 0.4) is 0 Å². The van der Waals surface area contributed by atoms with Crippen molar-refractivity contribution in [3.05, 3.63) is 12.2 Å². The van der Waals surface area contributed by atoms with Crippen LogP contribution in [0.1, 0.15) is 361 Å². The van der Waals surface area contributed by atoms with Gasteiger partial charge in [-0.05, 0) is 51.4 Å². The first-order valence-electron chi connectivity index (χ1n) is 31.9. The molecule has 0 aliphatic rings. The van der Waals surface area contributed by atoms with Crippen molar-refractivity contribution in [1.82, 2.24) is 5.32 Å². The van der Waals surface area contributed by atoms with E-state index >= 15 is 0 Å². The number of ether oxygens (including phenoxy) is 1. The fraction of sp³-hybridized carbons (Fsp3) is 0.938. The Bertz CT molecular complexity index is 1050. The maximum Gasteiger partial charge on any atom is 0.305 e. The molecule has 0 aliphatic carbocycles. The summed E-state index contributed by atoms with van der Waals surface area (Å²) >= 11 is 0. The molecule has 2 atom stereocenters. The highest BCUT2D eigenvalue weighted by Gasteiger charge is 2.20. The number of amides is 1. The van der Waals surface area contributed by atoms with Crippen LogP contribution in [-0.2, 0) is 14.3 Å². The van der Waals surface area contributed by atoms with E-state index in [0.717, 1.165) is 44.9 Å². The number of aliphatic hydroxyl groups excluding tert-OH is 2. The van der Waals surface area contributed by atoms with E-state index in [2.05, 4.69) is 31.3 Å². The fourth-order valence-electron chi connectivity index (χ4n) is 10.2. The summed E-state index contributed by atoms with van der Waals surface area (Å²) in [5.41, 5.74) is 0. The molecule has 3 N–H and O–H groups in total. The molecule has 6 nitrogen and oxygen atoms in total. The van der Waals surface area contributed by atoms with Gasteiger partial charge in [-0.3, -0.25) is 9.59 Å². The van der Waals surface area contributed by atoms with E-state index in [4.69, 9.17) is 4.74 Å². The lowest BCUT2D eigenvalue weighted by Crippen LogP contribution is -2.45. The van der Waals surface area contributed by atoms with Gasteiger partial charge in [-0.15, -0.1) is 0 Å². The topological polar surface area (TPSA) is 95.9 Å². The number of esters is 1. The Hall–Kier alpha value is -1.40. The third-order valence-corrected chi connectivity index (χ3v) is 15.1. The zero-order chi connectivity index (χ0) is 50.7. The van der Waals surface area contributed by atoms with Crippen molar-refractivity contribution < 1.29 is 24.5 Å². The molecule has 0 aromatic rings. The van der Waals surface area contributed by atoms with Crippen LogP contribution in [0, 0.1) is 0 Å². The largest absolute Gasteiger partial charge is 0.466 e. The highest BCUT2D eigenvalue weighted by atomic mass is 16.5. The van der Waals surface area contributed by atoms with Gasteiger partial charge in [-0.25, -0.2) is 0 Å². The molecule has 0 aliphatic heterocycles. The van der Waals surface area contributed by atoms with Gasteiger partial charge in [-0.1, -0.05) is 309 Å². The monoisotopic (exact) mass is 988 g/mol.